The lowest BCUT2D eigenvalue weighted by molar-refractivity contribution is 0.600. The van der Waals surface area contributed by atoms with Crippen LogP contribution < -0.4 is 10.5 Å². The minimum atomic E-state index is -3.84. The number of rotatable bonds is 4. The lowest BCUT2D eigenvalue weighted by Gasteiger charge is -2.11. The van der Waals surface area contributed by atoms with Crippen molar-refractivity contribution in [1.82, 2.24) is 0 Å². The summed E-state index contributed by atoms with van der Waals surface area (Å²) in [6.45, 7) is 1.50. The molecule has 0 saturated heterocycles. The smallest absolute Gasteiger partial charge is 0.261 e. The van der Waals surface area contributed by atoms with Crippen LogP contribution >= 0.6 is 12.2 Å². The fourth-order valence-electron chi connectivity index (χ4n) is 1.74. The highest BCUT2D eigenvalue weighted by Gasteiger charge is 2.17. The summed E-state index contributed by atoms with van der Waals surface area (Å²) in [5, 5.41) is 0. The van der Waals surface area contributed by atoms with Gasteiger partial charge in [-0.05, 0) is 31.2 Å². The zero-order valence-corrected chi connectivity index (χ0v) is 12.8. The van der Waals surface area contributed by atoms with Crippen molar-refractivity contribution >= 4 is 32.9 Å². The molecule has 7 heteroatoms. The summed E-state index contributed by atoms with van der Waals surface area (Å²) in [5.74, 6) is -0.480. The van der Waals surface area contributed by atoms with Crippen molar-refractivity contribution in [2.75, 3.05) is 4.72 Å². The van der Waals surface area contributed by atoms with E-state index >= 15 is 0 Å². The third kappa shape index (κ3) is 3.37. The molecule has 21 heavy (non-hydrogen) atoms. The normalized spacial score (nSPS) is 11.1. The van der Waals surface area contributed by atoms with Crippen LogP contribution in [0.1, 0.15) is 11.1 Å². The fraction of sp³-hybridized carbons (Fsp3) is 0.0714. The SMILES string of the molecule is Cc1c(F)cccc1NS(=O)(=O)c1cccc(C(N)=S)c1. The van der Waals surface area contributed by atoms with E-state index in [4.69, 9.17) is 18.0 Å². The molecule has 2 rings (SSSR count). The summed E-state index contributed by atoms with van der Waals surface area (Å²) in [4.78, 5) is 0.116. The molecule has 0 aliphatic heterocycles. The number of thiocarbonyl (C=S) groups is 1. The van der Waals surface area contributed by atoms with Gasteiger partial charge in [0.2, 0.25) is 0 Å². The Morgan fingerprint density at radius 3 is 2.57 bits per heavy atom. The number of hydrogen-bond donors (Lipinski definition) is 2. The molecule has 110 valence electrons. The molecule has 0 unspecified atom stereocenters. The van der Waals surface area contributed by atoms with E-state index < -0.39 is 15.8 Å². The molecule has 0 atom stereocenters. The molecule has 2 aromatic carbocycles. The molecule has 4 nitrogen and oxygen atoms in total. The molecule has 0 spiro atoms. The Bertz CT molecular complexity index is 804. The van der Waals surface area contributed by atoms with Gasteiger partial charge in [-0.1, -0.05) is 30.4 Å². The maximum absolute atomic E-state index is 13.5. The van der Waals surface area contributed by atoms with Gasteiger partial charge in [0.25, 0.3) is 10.0 Å². The predicted molar refractivity (Wildman–Crippen MR) is 84.3 cm³/mol. The number of anilines is 1. The van der Waals surface area contributed by atoms with E-state index in [1.807, 2.05) is 0 Å². The summed E-state index contributed by atoms with van der Waals surface area (Å²) in [6.07, 6.45) is 0. The quantitative estimate of drug-likeness (QED) is 0.848. The maximum Gasteiger partial charge on any atom is 0.261 e. The van der Waals surface area contributed by atoms with Crippen LogP contribution in [0.4, 0.5) is 10.1 Å². The Morgan fingerprint density at radius 1 is 1.24 bits per heavy atom. The van der Waals surface area contributed by atoms with Crippen LogP contribution in [0.15, 0.2) is 47.4 Å². The molecular weight excluding hydrogens is 311 g/mol. The van der Waals surface area contributed by atoms with Gasteiger partial charge in [0.05, 0.1) is 10.6 Å². The van der Waals surface area contributed by atoms with Crippen molar-refractivity contribution in [3.8, 4) is 0 Å². The van der Waals surface area contributed by atoms with E-state index in [2.05, 4.69) is 4.72 Å². The average molecular weight is 324 g/mol. The van der Waals surface area contributed by atoms with Crippen LogP contribution in [0.3, 0.4) is 0 Å². The van der Waals surface area contributed by atoms with Gasteiger partial charge in [0.1, 0.15) is 10.8 Å². The largest absolute Gasteiger partial charge is 0.389 e. The minimum Gasteiger partial charge on any atom is -0.389 e. The molecule has 0 heterocycles. The molecule has 3 N–H and O–H groups in total. The summed E-state index contributed by atoms with van der Waals surface area (Å²) in [6, 6.07) is 10.1. The number of nitrogens with one attached hydrogen (secondary N) is 1. The molecule has 0 bridgehead atoms. The third-order valence-electron chi connectivity index (χ3n) is 2.94. The van der Waals surface area contributed by atoms with Crippen LogP contribution in [-0.2, 0) is 10.0 Å². The Morgan fingerprint density at radius 2 is 1.90 bits per heavy atom. The molecule has 0 aliphatic carbocycles. The molecule has 0 amide bonds. The number of hydrogen-bond acceptors (Lipinski definition) is 3. The van der Waals surface area contributed by atoms with Crippen molar-refractivity contribution < 1.29 is 12.8 Å². The van der Waals surface area contributed by atoms with Gasteiger partial charge in [0.15, 0.2) is 0 Å². The summed E-state index contributed by atoms with van der Waals surface area (Å²) < 4.78 is 40.5. The summed E-state index contributed by atoms with van der Waals surface area (Å²) >= 11 is 4.83. The van der Waals surface area contributed by atoms with E-state index in [9.17, 15) is 12.8 Å². The number of sulfonamides is 1. The van der Waals surface area contributed by atoms with Gasteiger partial charge in [-0.3, -0.25) is 4.72 Å². The Labute approximate surface area is 127 Å². The second-order valence-corrected chi connectivity index (χ2v) is 6.53. The molecule has 0 aliphatic rings. The fourth-order valence-corrected chi connectivity index (χ4v) is 3.03. The monoisotopic (exact) mass is 324 g/mol. The molecule has 0 saturated carbocycles. The first-order chi connectivity index (χ1) is 9.81. The molecule has 2 aromatic rings. The lowest BCUT2D eigenvalue weighted by Crippen LogP contribution is -2.16. The number of halogens is 1. The second-order valence-electron chi connectivity index (χ2n) is 4.41. The summed E-state index contributed by atoms with van der Waals surface area (Å²) in [5.41, 5.74) is 6.36. The van der Waals surface area contributed by atoms with Gasteiger partial charge in [-0.2, -0.15) is 0 Å². The van der Waals surface area contributed by atoms with Crippen LogP contribution in [-0.4, -0.2) is 13.4 Å². The second kappa shape index (κ2) is 5.79. The molecular formula is C14H13FN2O2S2. The van der Waals surface area contributed by atoms with Crippen LogP contribution in [0.5, 0.6) is 0 Å². The minimum absolute atomic E-state index is 0.0106. The number of benzene rings is 2. The lowest BCUT2D eigenvalue weighted by atomic mass is 10.2. The first-order valence-corrected chi connectivity index (χ1v) is 7.88. The molecule has 0 fully saturated rings. The van der Waals surface area contributed by atoms with E-state index in [-0.39, 0.29) is 21.1 Å². The zero-order valence-electron chi connectivity index (χ0n) is 11.1. The van der Waals surface area contributed by atoms with E-state index in [0.717, 1.165) is 0 Å². The van der Waals surface area contributed by atoms with Gasteiger partial charge >= 0.3 is 0 Å². The molecule has 0 aromatic heterocycles. The Balaban J connectivity index is 2.41. The highest BCUT2D eigenvalue weighted by atomic mass is 32.2. The third-order valence-corrected chi connectivity index (χ3v) is 4.54. The van der Waals surface area contributed by atoms with E-state index in [1.54, 1.807) is 12.1 Å². The predicted octanol–water partition coefficient (Wildman–Crippen LogP) is 2.57. The highest BCUT2D eigenvalue weighted by molar-refractivity contribution is 7.92. The van der Waals surface area contributed by atoms with Crippen molar-refractivity contribution in [2.24, 2.45) is 5.73 Å². The molecule has 0 radical (unpaired) electrons. The number of nitrogens with two attached hydrogens (primary N) is 1. The first kappa shape index (κ1) is 15.4. The van der Waals surface area contributed by atoms with Crippen LogP contribution in [0.2, 0.25) is 0 Å². The maximum atomic E-state index is 13.5. The summed E-state index contributed by atoms with van der Waals surface area (Å²) in [7, 11) is -3.84. The van der Waals surface area contributed by atoms with Gasteiger partial charge < -0.3 is 5.73 Å². The highest BCUT2D eigenvalue weighted by Crippen LogP contribution is 2.22. The van der Waals surface area contributed by atoms with Gasteiger partial charge in [-0.25, -0.2) is 12.8 Å². The van der Waals surface area contributed by atoms with Crippen LogP contribution in [0, 0.1) is 12.7 Å². The Kier molecular flexibility index (Phi) is 4.24. The van der Waals surface area contributed by atoms with Crippen molar-refractivity contribution in [1.29, 1.82) is 0 Å². The van der Waals surface area contributed by atoms with Crippen molar-refractivity contribution in [3.63, 3.8) is 0 Å². The Hall–Kier alpha value is -1.99. The first-order valence-electron chi connectivity index (χ1n) is 5.99. The van der Waals surface area contributed by atoms with Gasteiger partial charge in [-0.15, -0.1) is 0 Å². The van der Waals surface area contributed by atoms with Gasteiger partial charge in [0, 0.05) is 11.1 Å². The zero-order chi connectivity index (χ0) is 15.6. The average Bonchev–Trinajstić information content (AvgIpc) is 2.44. The van der Waals surface area contributed by atoms with Crippen molar-refractivity contribution in [2.45, 2.75) is 11.8 Å². The van der Waals surface area contributed by atoms with Crippen molar-refractivity contribution in [3.05, 3.63) is 59.4 Å². The van der Waals surface area contributed by atoms with E-state index in [0.29, 0.717) is 5.56 Å². The van der Waals surface area contributed by atoms with Crippen LogP contribution in [0.25, 0.3) is 0 Å². The van der Waals surface area contributed by atoms with E-state index in [1.165, 1.54) is 37.3 Å². The standard InChI is InChI=1S/C14H13FN2O2S2/c1-9-12(15)6-3-7-13(9)17-21(18,19)11-5-2-4-10(8-11)14(16)20/h2-8,17H,1H3,(H2,16,20). The topological polar surface area (TPSA) is 72.2 Å².